The lowest BCUT2D eigenvalue weighted by Gasteiger charge is -2.41. The Morgan fingerprint density at radius 1 is 1.00 bits per heavy atom. The first kappa shape index (κ1) is 27.3. The van der Waals surface area contributed by atoms with Gasteiger partial charge in [-0.05, 0) is 43.2 Å². The summed E-state index contributed by atoms with van der Waals surface area (Å²) in [6.07, 6.45) is 2.14. The van der Waals surface area contributed by atoms with E-state index in [1.807, 2.05) is 24.3 Å². The fourth-order valence-corrected chi connectivity index (χ4v) is 6.26. The summed E-state index contributed by atoms with van der Waals surface area (Å²) in [6.45, 7) is 3.69. The minimum Gasteiger partial charge on any atom is -0.497 e. The number of nitrogens with one attached hydrogen (secondary N) is 1. The summed E-state index contributed by atoms with van der Waals surface area (Å²) in [4.78, 5) is 13.7. The van der Waals surface area contributed by atoms with Crippen molar-refractivity contribution in [3.05, 3.63) is 78.4 Å². The lowest BCUT2D eigenvalue weighted by molar-refractivity contribution is -0.121. The van der Waals surface area contributed by atoms with Crippen molar-refractivity contribution in [2.24, 2.45) is 0 Å². The minimum atomic E-state index is -4.13. The minimum absolute atomic E-state index is 0.0602. The Kier molecular flexibility index (Phi) is 8.16. The number of carbonyl (C=O) groups is 1. The third-order valence-electron chi connectivity index (χ3n) is 7.09. The molecule has 8 nitrogen and oxygen atoms in total. The predicted molar refractivity (Wildman–Crippen MR) is 146 cm³/mol. The fraction of sp³-hybridized carbons (Fsp3) is 0.345. The molecule has 0 spiro atoms. The summed E-state index contributed by atoms with van der Waals surface area (Å²) in [5.74, 6) is 1.02. The smallest absolute Gasteiger partial charge is 0.264 e. The molecule has 1 N–H and O–H groups in total. The molecule has 1 aliphatic heterocycles. The number of methoxy groups -OCH3 is 2. The molecule has 0 saturated heterocycles. The van der Waals surface area contributed by atoms with Crippen molar-refractivity contribution in [1.29, 1.82) is 0 Å². The van der Waals surface area contributed by atoms with Crippen LogP contribution in [0.1, 0.15) is 44.7 Å². The average molecular weight is 539 g/mol. The summed E-state index contributed by atoms with van der Waals surface area (Å²) in [6, 6.07) is 20.2. The number of sulfonamides is 1. The van der Waals surface area contributed by atoms with Gasteiger partial charge in [-0.25, -0.2) is 8.42 Å². The molecule has 0 saturated carbocycles. The van der Waals surface area contributed by atoms with Crippen LogP contribution in [0.15, 0.2) is 77.7 Å². The molecule has 0 aliphatic carbocycles. The summed E-state index contributed by atoms with van der Waals surface area (Å²) >= 11 is 0. The quantitative estimate of drug-likeness (QED) is 0.386. The van der Waals surface area contributed by atoms with Gasteiger partial charge in [0.1, 0.15) is 29.4 Å². The highest BCUT2D eigenvalue weighted by Gasteiger charge is 2.39. The topological polar surface area (TPSA) is 94.2 Å². The van der Waals surface area contributed by atoms with Crippen LogP contribution in [0.2, 0.25) is 0 Å². The first-order valence-electron chi connectivity index (χ1n) is 12.6. The molecule has 1 aliphatic rings. The maximum Gasteiger partial charge on any atom is 0.264 e. The van der Waals surface area contributed by atoms with Crippen molar-refractivity contribution in [3.63, 3.8) is 0 Å². The largest absolute Gasteiger partial charge is 0.497 e. The van der Waals surface area contributed by atoms with E-state index in [-0.39, 0.29) is 16.6 Å². The van der Waals surface area contributed by atoms with E-state index in [1.165, 1.54) is 26.4 Å². The molecule has 0 fully saturated rings. The third-order valence-corrected chi connectivity index (χ3v) is 8.87. The number of benzene rings is 3. The number of ether oxygens (including phenoxy) is 3. The van der Waals surface area contributed by atoms with Crippen LogP contribution in [0.3, 0.4) is 0 Å². The van der Waals surface area contributed by atoms with Gasteiger partial charge in [0.05, 0.1) is 30.8 Å². The molecule has 1 atom stereocenters. The molecular weight excluding hydrogens is 504 g/mol. The van der Waals surface area contributed by atoms with Gasteiger partial charge < -0.3 is 19.5 Å². The second-order valence-corrected chi connectivity index (χ2v) is 11.1. The summed E-state index contributed by atoms with van der Waals surface area (Å²) in [5, 5.41) is 3.09. The van der Waals surface area contributed by atoms with Crippen LogP contribution in [0.4, 0.5) is 5.69 Å². The second-order valence-electron chi connectivity index (χ2n) is 9.22. The fourth-order valence-electron chi connectivity index (χ4n) is 4.81. The van der Waals surface area contributed by atoms with E-state index in [9.17, 15) is 13.2 Å². The molecule has 0 aromatic heterocycles. The summed E-state index contributed by atoms with van der Waals surface area (Å²) < 4.78 is 46.0. The molecule has 1 heterocycles. The zero-order chi connectivity index (χ0) is 27.3. The van der Waals surface area contributed by atoms with E-state index in [0.29, 0.717) is 17.9 Å². The van der Waals surface area contributed by atoms with E-state index >= 15 is 0 Å². The van der Waals surface area contributed by atoms with Crippen molar-refractivity contribution < 1.29 is 27.4 Å². The third kappa shape index (κ3) is 5.43. The zero-order valence-corrected chi connectivity index (χ0v) is 23.0. The highest BCUT2D eigenvalue weighted by atomic mass is 32.2. The van der Waals surface area contributed by atoms with Gasteiger partial charge in [-0.2, -0.15) is 0 Å². The van der Waals surface area contributed by atoms with Gasteiger partial charge in [0.15, 0.2) is 0 Å². The molecule has 4 rings (SSSR count). The van der Waals surface area contributed by atoms with Gasteiger partial charge in [0.25, 0.3) is 10.0 Å². The number of nitrogens with zero attached hydrogens (tertiary/aromatic N) is 1. The van der Waals surface area contributed by atoms with Crippen molar-refractivity contribution in [1.82, 2.24) is 5.32 Å². The van der Waals surface area contributed by atoms with Gasteiger partial charge in [-0.3, -0.25) is 9.10 Å². The second kappa shape index (κ2) is 11.3. The Labute approximate surface area is 224 Å². The van der Waals surface area contributed by atoms with Gasteiger partial charge in [0.2, 0.25) is 5.91 Å². The van der Waals surface area contributed by atoms with Crippen LogP contribution in [-0.4, -0.2) is 40.7 Å². The summed E-state index contributed by atoms with van der Waals surface area (Å²) in [7, 11) is -1.19. The molecular formula is C29H34N2O6S. The Balaban J connectivity index is 1.71. The molecule has 202 valence electrons. The highest BCUT2D eigenvalue weighted by Crippen LogP contribution is 2.43. The number of hydrogen-bond donors (Lipinski definition) is 1. The Hall–Kier alpha value is -3.72. The van der Waals surface area contributed by atoms with Gasteiger partial charge in [-0.15, -0.1) is 0 Å². The molecule has 0 radical (unpaired) electrons. The lowest BCUT2D eigenvalue weighted by atomic mass is 9.83. The Bertz CT molecular complexity index is 1370. The first-order valence-corrected chi connectivity index (χ1v) is 14.1. The monoisotopic (exact) mass is 538 g/mol. The first-order chi connectivity index (χ1) is 18.3. The predicted octanol–water partition coefficient (Wildman–Crippen LogP) is 5.10. The SMILES string of the molecule is CCC1(CC)C[C@H](NC(=O)CN(c2cc(OC)ccc2OC)S(=O)(=O)c2ccccc2)c2ccccc2O1. The zero-order valence-electron chi connectivity index (χ0n) is 22.1. The number of rotatable bonds is 10. The number of para-hydroxylation sites is 1. The van der Waals surface area contributed by atoms with Crippen molar-refractivity contribution in [2.45, 2.75) is 49.6 Å². The highest BCUT2D eigenvalue weighted by molar-refractivity contribution is 7.92. The van der Waals surface area contributed by atoms with Crippen molar-refractivity contribution in [2.75, 3.05) is 25.1 Å². The molecule has 0 unspecified atom stereocenters. The summed E-state index contributed by atoms with van der Waals surface area (Å²) in [5.41, 5.74) is 0.655. The maximum atomic E-state index is 13.9. The normalized spacial score (nSPS) is 16.1. The molecule has 1 amide bonds. The van der Waals surface area contributed by atoms with E-state index in [1.54, 1.807) is 36.4 Å². The molecule has 9 heteroatoms. The molecule has 3 aromatic rings. The van der Waals surface area contributed by atoms with Gasteiger partial charge in [-0.1, -0.05) is 50.2 Å². The number of hydrogen-bond acceptors (Lipinski definition) is 6. The van der Waals surface area contributed by atoms with Crippen molar-refractivity contribution >= 4 is 21.6 Å². The number of carbonyl (C=O) groups excluding carboxylic acids is 1. The number of amides is 1. The maximum absolute atomic E-state index is 13.9. The molecule has 38 heavy (non-hydrogen) atoms. The van der Waals surface area contributed by atoms with Crippen LogP contribution in [-0.2, 0) is 14.8 Å². The van der Waals surface area contributed by atoms with E-state index < -0.39 is 28.1 Å². The lowest BCUT2D eigenvalue weighted by Crippen LogP contribution is -2.47. The van der Waals surface area contributed by atoms with Gasteiger partial charge in [0, 0.05) is 18.1 Å². The molecule has 3 aromatic carbocycles. The van der Waals surface area contributed by atoms with Crippen LogP contribution in [0.5, 0.6) is 17.2 Å². The van der Waals surface area contributed by atoms with E-state index in [0.717, 1.165) is 28.5 Å². The van der Waals surface area contributed by atoms with Crippen LogP contribution in [0.25, 0.3) is 0 Å². The van der Waals surface area contributed by atoms with Crippen LogP contribution >= 0.6 is 0 Å². The van der Waals surface area contributed by atoms with Crippen LogP contribution < -0.4 is 23.8 Å². The van der Waals surface area contributed by atoms with Gasteiger partial charge >= 0.3 is 0 Å². The standard InChI is InChI=1S/C29H34N2O6S/c1-5-29(6-2)19-24(23-14-10-11-15-26(23)37-29)30-28(32)20-31(38(33,34)22-12-8-7-9-13-22)25-18-21(35-3)16-17-27(25)36-4/h7-18,24H,5-6,19-20H2,1-4H3,(H,30,32)/t24-/m0/s1. The average Bonchev–Trinajstić information content (AvgIpc) is 2.95. The Morgan fingerprint density at radius 3 is 2.34 bits per heavy atom. The number of fused-ring (bicyclic) bond motifs is 1. The van der Waals surface area contributed by atoms with E-state index in [4.69, 9.17) is 14.2 Å². The van der Waals surface area contributed by atoms with Crippen LogP contribution in [0, 0.1) is 0 Å². The Morgan fingerprint density at radius 2 is 1.68 bits per heavy atom. The van der Waals surface area contributed by atoms with E-state index in [2.05, 4.69) is 19.2 Å². The number of anilines is 1. The molecule has 0 bridgehead atoms. The van der Waals surface area contributed by atoms with Crippen molar-refractivity contribution in [3.8, 4) is 17.2 Å².